The molecule has 2 nitrogen and oxygen atoms in total. The molecule has 1 aliphatic carbocycles. The van der Waals surface area contributed by atoms with Crippen LogP contribution in [-0.2, 0) is 0 Å². The second-order valence-electron chi connectivity index (χ2n) is 6.59. The van der Waals surface area contributed by atoms with E-state index in [1.807, 2.05) is 0 Å². The molecule has 0 aliphatic heterocycles. The summed E-state index contributed by atoms with van der Waals surface area (Å²) in [5.74, 6) is -0.750. The minimum Gasteiger partial charge on any atom is -0.396 e. The van der Waals surface area contributed by atoms with Crippen molar-refractivity contribution in [2.75, 3.05) is 13.2 Å². The lowest BCUT2D eigenvalue weighted by Crippen LogP contribution is -2.44. The molecule has 0 saturated heterocycles. The summed E-state index contributed by atoms with van der Waals surface area (Å²) in [6.45, 7) is 5.29. The summed E-state index contributed by atoms with van der Waals surface area (Å²) >= 11 is 0. The molecule has 2 rings (SSSR count). The van der Waals surface area contributed by atoms with Crippen molar-refractivity contribution in [3.63, 3.8) is 0 Å². The molecule has 0 unspecified atom stereocenters. The Hall–Kier alpha value is -1.00. The number of rotatable bonds is 6. The average Bonchev–Trinajstić information content (AvgIpc) is 2.24. The number of nitrogens with one attached hydrogen (secondary N) is 1. The fourth-order valence-corrected chi connectivity index (χ4v) is 2.68. The molecule has 1 aliphatic rings. The highest BCUT2D eigenvalue weighted by molar-refractivity contribution is 5.24. The molecule has 20 heavy (non-hydrogen) atoms. The Morgan fingerprint density at radius 3 is 2.35 bits per heavy atom. The molecule has 0 heterocycles. The molecule has 2 N–H and O–H groups in total. The Morgan fingerprint density at radius 1 is 1.20 bits per heavy atom. The van der Waals surface area contributed by atoms with Crippen LogP contribution in [0.25, 0.3) is 0 Å². The first kappa shape index (κ1) is 15.4. The fourth-order valence-electron chi connectivity index (χ4n) is 2.68. The van der Waals surface area contributed by atoms with Crippen LogP contribution < -0.4 is 5.32 Å². The van der Waals surface area contributed by atoms with Crippen molar-refractivity contribution in [1.29, 1.82) is 0 Å². The molecular formula is C16H23F2NO. The van der Waals surface area contributed by atoms with Gasteiger partial charge in [-0.1, -0.05) is 13.8 Å². The van der Waals surface area contributed by atoms with Crippen molar-refractivity contribution in [3.8, 4) is 0 Å². The summed E-state index contributed by atoms with van der Waals surface area (Å²) in [7, 11) is 0. The maximum Gasteiger partial charge on any atom is 0.126 e. The van der Waals surface area contributed by atoms with Crippen LogP contribution in [0.15, 0.2) is 18.2 Å². The molecule has 1 saturated carbocycles. The van der Waals surface area contributed by atoms with Crippen LogP contribution in [-0.4, -0.2) is 24.3 Å². The lowest BCUT2D eigenvalue weighted by atomic mass is 9.75. The van der Waals surface area contributed by atoms with Crippen molar-refractivity contribution >= 4 is 0 Å². The van der Waals surface area contributed by atoms with E-state index in [4.69, 9.17) is 5.11 Å². The first-order valence-electron chi connectivity index (χ1n) is 7.20. The van der Waals surface area contributed by atoms with Crippen molar-refractivity contribution in [2.24, 2.45) is 5.41 Å². The maximum absolute atomic E-state index is 13.2. The average molecular weight is 283 g/mol. The normalized spacial score (nSPS) is 22.6. The zero-order chi connectivity index (χ0) is 14.8. The number of hydrogen-bond acceptors (Lipinski definition) is 2. The van der Waals surface area contributed by atoms with Gasteiger partial charge in [0, 0.05) is 25.3 Å². The number of halogens is 2. The van der Waals surface area contributed by atoms with Gasteiger partial charge in [0.15, 0.2) is 0 Å². The van der Waals surface area contributed by atoms with Gasteiger partial charge in [0.25, 0.3) is 0 Å². The van der Waals surface area contributed by atoms with Gasteiger partial charge in [-0.2, -0.15) is 0 Å². The van der Waals surface area contributed by atoms with E-state index in [9.17, 15) is 8.78 Å². The molecule has 0 aromatic heterocycles. The Balaban J connectivity index is 1.80. The summed E-state index contributed by atoms with van der Waals surface area (Å²) < 4.78 is 26.3. The number of aliphatic hydroxyl groups is 1. The van der Waals surface area contributed by atoms with E-state index in [2.05, 4.69) is 19.2 Å². The molecule has 0 spiro atoms. The van der Waals surface area contributed by atoms with Crippen LogP contribution in [0, 0.1) is 17.0 Å². The van der Waals surface area contributed by atoms with Crippen molar-refractivity contribution in [1.82, 2.24) is 5.32 Å². The summed E-state index contributed by atoms with van der Waals surface area (Å²) in [6.07, 6.45) is 2.60. The van der Waals surface area contributed by atoms with Gasteiger partial charge in [-0.05, 0) is 48.3 Å². The van der Waals surface area contributed by atoms with Gasteiger partial charge in [0.1, 0.15) is 11.6 Å². The zero-order valence-electron chi connectivity index (χ0n) is 12.1. The van der Waals surface area contributed by atoms with Gasteiger partial charge in [-0.25, -0.2) is 8.78 Å². The van der Waals surface area contributed by atoms with Crippen LogP contribution in [0.2, 0.25) is 0 Å². The summed E-state index contributed by atoms with van der Waals surface area (Å²) in [5, 5.41) is 12.5. The smallest absolute Gasteiger partial charge is 0.126 e. The molecule has 1 aromatic carbocycles. The van der Waals surface area contributed by atoms with Crippen LogP contribution in [0.3, 0.4) is 0 Å². The van der Waals surface area contributed by atoms with E-state index in [-0.39, 0.29) is 17.9 Å². The van der Waals surface area contributed by atoms with Crippen molar-refractivity contribution < 1.29 is 13.9 Å². The highest BCUT2D eigenvalue weighted by Gasteiger charge is 2.31. The SMILES string of the molecule is CC(C)(CCO)CNC1CC(c2cc(F)cc(F)c2)C1. The summed E-state index contributed by atoms with van der Waals surface area (Å²) in [6, 6.07) is 4.18. The van der Waals surface area contributed by atoms with Gasteiger partial charge in [-0.3, -0.25) is 0 Å². The topological polar surface area (TPSA) is 32.3 Å². The quantitative estimate of drug-likeness (QED) is 0.840. The minimum absolute atomic E-state index is 0.0742. The third kappa shape index (κ3) is 4.00. The molecule has 1 aromatic rings. The van der Waals surface area contributed by atoms with E-state index in [1.54, 1.807) is 0 Å². The number of benzene rings is 1. The fraction of sp³-hybridized carbons (Fsp3) is 0.625. The molecule has 0 bridgehead atoms. The van der Waals surface area contributed by atoms with Crippen LogP contribution >= 0.6 is 0 Å². The van der Waals surface area contributed by atoms with Gasteiger partial charge >= 0.3 is 0 Å². The summed E-state index contributed by atoms with van der Waals surface area (Å²) in [4.78, 5) is 0. The largest absolute Gasteiger partial charge is 0.396 e. The molecule has 0 radical (unpaired) electrons. The number of aliphatic hydroxyl groups excluding tert-OH is 1. The second kappa shape index (κ2) is 6.19. The molecular weight excluding hydrogens is 260 g/mol. The number of hydrogen-bond donors (Lipinski definition) is 2. The Labute approximate surface area is 119 Å². The Bertz CT molecular complexity index is 436. The zero-order valence-corrected chi connectivity index (χ0v) is 12.1. The summed E-state index contributed by atoms with van der Waals surface area (Å²) in [5.41, 5.74) is 0.834. The monoisotopic (exact) mass is 283 g/mol. The molecule has 0 amide bonds. The molecule has 4 heteroatoms. The maximum atomic E-state index is 13.2. The second-order valence-corrected chi connectivity index (χ2v) is 6.59. The highest BCUT2D eigenvalue weighted by atomic mass is 19.1. The lowest BCUT2D eigenvalue weighted by molar-refractivity contribution is 0.187. The van der Waals surface area contributed by atoms with Crippen molar-refractivity contribution in [2.45, 2.75) is 45.1 Å². The third-order valence-electron chi connectivity index (χ3n) is 4.15. The van der Waals surface area contributed by atoms with E-state index >= 15 is 0 Å². The van der Waals surface area contributed by atoms with E-state index < -0.39 is 11.6 Å². The highest BCUT2D eigenvalue weighted by Crippen LogP contribution is 2.37. The van der Waals surface area contributed by atoms with Gasteiger partial charge < -0.3 is 10.4 Å². The van der Waals surface area contributed by atoms with Crippen LogP contribution in [0.5, 0.6) is 0 Å². The molecule has 1 fully saturated rings. The molecule has 0 atom stereocenters. The third-order valence-corrected chi connectivity index (χ3v) is 4.15. The van der Waals surface area contributed by atoms with Gasteiger partial charge in [-0.15, -0.1) is 0 Å². The first-order chi connectivity index (χ1) is 9.39. The predicted molar refractivity (Wildman–Crippen MR) is 75.6 cm³/mol. The van der Waals surface area contributed by atoms with E-state index in [0.717, 1.165) is 37.4 Å². The van der Waals surface area contributed by atoms with Gasteiger partial charge in [0.2, 0.25) is 0 Å². The predicted octanol–water partition coefficient (Wildman–Crippen LogP) is 3.21. The minimum atomic E-state index is -0.500. The first-order valence-corrected chi connectivity index (χ1v) is 7.20. The Morgan fingerprint density at radius 2 is 1.80 bits per heavy atom. The molecule has 112 valence electrons. The van der Waals surface area contributed by atoms with E-state index in [1.165, 1.54) is 12.1 Å². The van der Waals surface area contributed by atoms with Crippen LogP contribution in [0.1, 0.15) is 44.6 Å². The lowest BCUT2D eigenvalue weighted by Gasteiger charge is -2.38. The van der Waals surface area contributed by atoms with E-state index in [0.29, 0.717) is 6.04 Å². The van der Waals surface area contributed by atoms with Crippen LogP contribution in [0.4, 0.5) is 8.78 Å². The van der Waals surface area contributed by atoms with Gasteiger partial charge in [0.05, 0.1) is 0 Å². The Kier molecular flexibility index (Phi) is 4.76. The van der Waals surface area contributed by atoms with Crippen molar-refractivity contribution in [3.05, 3.63) is 35.4 Å². The standard InChI is InChI=1S/C16H23F2NO/c1-16(2,3-4-20)10-19-15-7-12(8-15)11-5-13(17)9-14(18)6-11/h5-6,9,12,15,19-20H,3-4,7-8,10H2,1-2H3.